The van der Waals surface area contributed by atoms with Crippen LogP contribution in [0.3, 0.4) is 0 Å². The normalized spacial score (nSPS) is 19.6. The van der Waals surface area contributed by atoms with E-state index in [0.29, 0.717) is 12.3 Å². The van der Waals surface area contributed by atoms with Crippen LogP contribution >= 0.6 is 11.8 Å². The second kappa shape index (κ2) is 6.80. The van der Waals surface area contributed by atoms with E-state index in [1.54, 1.807) is 11.8 Å². The third-order valence-electron chi connectivity index (χ3n) is 3.55. The van der Waals surface area contributed by atoms with Gasteiger partial charge < -0.3 is 10.4 Å². The highest BCUT2D eigenvalue weighted by Crippen LogP contribution is 2.35. The Bertz CT molecular complexity index is 267. The van der Waals surface area contributed by atoms with Gasteiger partial charge in [0.05, 0.1) is 12.4 Å². The zero-order valence-electron chi connectivity index (χ0n) is 11.9. The van der Waals surface area contributed by atoms with Gasteiger partial charge in [0.15, 0.2) is 0 Å². The first-order valence-electron chi connectivity index (χ1n) is 6.88. The molecule has 0 aromatic carbocycles. The van der Waals surface area contributed by atoms with Gasteiger partial charge >= 0.3 is 0 Å². The summed E-state index contributed by atoms with van der Waals surface area (Å²) in [6.45, 7) is 7.16. The molecule has 1 rings (SSSR count). The van der Waals surface area contributed by atoms with Crippen LogP contribution < -0.4 is 5.32 Å². The number of aliphatic hydroxyl groups is 1. The fourth-order valence-corrected chi connectivity index (χ4v) is 2.98. The maximum absolute atomic E-state index is 11.8. The molecule has 2 N–H and O–H groups in total. The van der Waals surface area contributed by atoms with E-state index in [-0.39, 0.29) is 22.7 Å². The number of thioether (sulfide) groups is 1. The quantitative estimate of drug-likeness (QED) is 0.809. The molecule has 0 aromatic rings. The van der Waals surface area contributed by atoms with Gasteiger partial charge in [-0.05, 0) is 12.8 Å². The number of aliphatic hydroxyl groups excluding tert-OH is 1. The van der Waals surface area contributed by atoms with Gasteiger partial charge in [-0.2, -0.15) is 0 Å². The predicted octanol–water partition coefficient (Wildman–Crippen LogP) is 2.58. The molecule has 1 aliphatic carbocycles. The zero-order valence-corrected chi connectivity index (χ0v) is 12.7. The lowest BCUT2D eigenvalue weighted by Gasteiger charge is -2.35. The summed E-state index contributed by atoms with van der Waals surface area (Å²) in [6, 6.07) is 0. The Labute approximate surface area is 115 Å². The van der Waals surface area contributed by atoms with Crippen LogP contribution in [0.15, 0.2) is 0 Å². The molecule has 106 valence electrons. The van der Waals surface area contributed by atoms with Gasteiger partial charge in [0, 0.05) is 16.7 Å². The smallest absolute Gasteiger partial charge is 0.230 e. The highest BCUT2D eigenvalue weighted by molar-refractivity contribution is 8.01. The fourth-order valence-electron chi connectivity index (χ4n) is 2.31. The summed E-state index contributed by atoms with van der Waals surface area (Å²) >= 11 is 1.66. The largest absolute Gasteiger partial charge is 0.396 e. The summed E-state index contributed by atoms with van der Waals surface area (Å²) in [5.41, 5.74) is -0.0552. The summed E-state index contributed by atoms with van der Waals surface area (Å²) in [7, 11) is 0. The van der Waals surface area contributed by atoms with E-state index in [9.17, 15) is 9.90 Å². The minimum atomic E-state index is -0.0552. The predicted molar refractivity (Wildman–Crippen MR) is 77.8 cm³/mol. The molecule has 0 saturated heterocycles. The van der Waals surface area contributed by atoms with E-state index in [1.807, 2.05) is 0 Å². The average Bonchev–Trinajstić information content (AvgIpc) is 2.34. The fraction of sp³-hybridized carbons (Fsp3) is 0.929. The molecule has 1 aliphatic rings. The van der Waals surface area contributed by atoms with Gasteiger partial charge in [-0.15, -0.1) is 11.8 Å². The van der Waals surface area contributed by atoms with Crippen LogP contribution in [0.4, 0.5) is 0 Å². The van der Waals surface area contributed by atoms with Crippen LogP contribution in [0.5, 0.6) is 0 Å². The second-order valence-electron chi connectivity index (χ2n) is 6.40. The molecule has 1 fully saturated rings. The Morgan fingerprint density at radius 3 is 2.39 bits per heavy atom. The topological polar surface area (TPSA) is 49.3 Å². The Morgan fingerprint density at radius 1 is 1.28 bits per heavy atom. The van der Waals surface area contributed by atoms with Gasteiger partial charge in [0.1, 0.15) is 0 Å². The molecular formula is C14H27NO2S. The van der Waals surface area contributed by atoms with Crippen molar-refractivity contribution in [3.05, 3.63) is 0 Å². The average molecular weight is 273 g/mol. The molecule has 0 unspecified atom stereocenters. The minimum Gasteiger partial charge on any atom is -0.396 e. The summed E-state index contributed by atoms with van der Waals surface area (Å²) in [4.78, 5) is 11.8. The third kappa shape index (κ3) is 5.61. The number of rotatable bonds is 5. The Morgan fingerprint density at radius 2 is 1.89 bits per heavy atom. The van der Waals surface area contributed by atoms with Crippen LogP contribution in [-0.4, -0.2) is 34.7 Å². The monoisotopic (exact) mass is 273 g/mol. The van der Waals surface area contributed by atoms with Gasteiger partial charge in [-0.3, -0.25) is 4.79 Å². The number of carbonyl (C=O) groups is 1. The van der Waals surface area contributed by atoms with Gasteiger partial charge in [0.25, 0.3) is 0 Å². The summed E-state index contributed by atoms with van der Waals surface area (Å²) in [5, 5.41) is 12.6. The van der Waals surface area contributed by atoms with Crippen molar-refractivity contribution in [2.24, 2.45) is 5.41 Å². The van der Waals surface area contributed by atoms with Gasteiger partial charge in [0.2, 0.25) is 5.91 Å². The molecule has 3 nitrogen and oxygen atoms in total. The molecule has 1 amide bonds. The van der Waals surface area contributed by atoms with E-state index in [0.717, 1.165) is 12.8 Å². The van der Waals surface area contributed by atoms with Crippen molar-refractivity contribution in [1.82, 2.24) is 5.32 Å². The molecule has 0 bridgehead atoms. The van der Waals surface area contributed by atoms with Crippen molar-refractivity contribution in [3.63, 3.8) is 0 Å². The molecule has 0 heterocycles. The number of hydrogen-bond acceptors (Lipinski definition) is 3. The van der Waals surface area contributed by atoms with E-state index in [2.05, 4.69) is 26.1 Å². The van der Waals surface area contributed by atoms with Crippen LogP contribution in [0.1, 0.15) is 52.9 Å². The van der Waals surface area contributed by atoms with Crippen molar-refractivity contribution >= 4 is 17.7 Å². The lowest BCUT2D eigenvalue weighted by molar-refractivity contribution is -0.119. The van der Waals surface area contributed by atoms with E-state index in [4.69, 9.17) is 0 Å². The van der Waals surface area contributed by atoms with E-state index < -0.39 is 0 Å². The first kappa shape index (κ1) is 15.8. The van der Waals surface area contributed by atoms with Crippen LogP contribution in [0.25, 0.3) is 0 Å². The Hall–Kier alpha value is -0.220. The molecule has 1 saturated carbocycles. The van der Waals surface area contributed by atoms with Crippen molar-refractivity contribution in [2.45, 2.75) is 57.6 Å². The standard InChI is InChI=1S/C14H27NO2S/c1-13(2,3)18-9-12(17)15-10-14(11-16)7-5-4-6-8-14/h16H,4-11H2,1-3H3,(H,15,17). The SMILES string of the molecule is CC(C)(C)SCC(=O)NCC1(CO)CCCCC1. The van der Waals surface area contributed by atoms with Crippen molar-refractivity contribution in [1.29, 1.82) is 0 Å². The van der Waals surface area contributed by atoms with Gasteiger partial charge in [-0.25, -0.2) is 0 Å². The highest BCUT2D eigenvalue weighted by atomic mass is 32.2. The van der Waals surface area contributed by atoms with Crippen LogP contribution in [-0.2, 0) is 4.79 Å². The second-order valence-corrected chi connectivity index (χ2v) is 8.20. The highest BCUT2D eigenvalue weighted by Gasteiger charge is 2.31. The number of carbonyl (C=O) groups excluding carboxylic acids is 1. The van der Waals surface area contributed by atoms with E-state index >= 15 is 0 Å². The molecule has 4 heteroatoms. The van der Waals surface area contributed by atoms with Crippen LogP contribution in [0.2, 0.25) is 0 Å². The minimum absolute atomic E-state index is 0.0552. The molecule has 18 heavy (non-hydrogen) atoms. The number of amides is 1. The van der Waals surface area contributed by atoms with Crippen molar-refractivity contribution in [2.75, 3.05) is 18.9 Å². The lowest BCUT2D eigenvalue weighted by atomic mass is 9.74. The first-order chi connectivity index (χ1) is 8.37. The molecule has 0 aromatic heterocycles. The lowest BCUT2D eigenvalue weighted by Crippen LogP contribution is -2.42. The van der Waals surface area contributed by atoms with Gasteiger partial charge in [-0.1, -0.05) is 40.0 Å². The Kier molecular flexibility index (Phi) is 5.99. The maximum Gasteiger partial charge on any atom is 0.230 e. The zero-order chi connectivity index (χ0) is 13.6. The van der Waals surface area contributed by atoms with Crippen molar-refractivity contribution < 1.29 is 9.90 Å². The van der Waals surface area contributed by atoms with E-state index in [1.165, 1.54) is 19.3 Å². The van der Waals surface area contributed by atoms with Crippen molar-refractivity contribution in [3.8, 4) is 0 Å². The van der Waals surface area contributed by atoms with Crippen LogP contribution in [0, 0.1) is 5.41 Å². The molecule has 0 spiro atoms. The third-order valence-corrected chi connectivity index (χ3v) is 4.82. The maximum atomic E-state index is 11.8. The number of nitrogens with one attached hydrogen (secondary N) is 1. The molecule has 0 radical (unpaired) electrons. The summed E-state index contributed by atoms with van der Waals surface area (Å²) in [5.74, 6) is 0.596. The first-order valence-corrected chi connectivity index (χ1v) is 7.87. The summed E-state index contributed by atoms with van der Waals surface area (Å²) in [6.07, 6.45) is 5.68. The molecular weight excluding hydrogens is 246 g/mol. The molecule has 0 aliphatic heterocycles. The molecule has 0 atom stereocenters. The number of hydrogen-bond donors (Lipinski definition) is 2. The Balaban J connectivity index is 2.32. The summed E-state index contributed by atoms with van der Waals surface area (Å²) < 4.78 is 0.122.